The third-order valence-electron chi connectivity index (χ3n) is 5.54. The summed E-state index contributed by atoms with van der Waals surface area (Å²) in [4.78, 5) is 24.4. The van der Waals surface area contributed by atoms with E-state index in [0.29, 0.717) is 12.8 Å². The number of alkyl halides is 3. The van der Waals surface area contributed by atoms with Gasteiger partial charge in [0.05, 0.1) is 23.3 Å². The zero-order valence-electron chi connectivity index (χ0n) is 16.8. The van der Waals surface area contributed by atoms with Crippen LogP contribution in [0.1, 0.15) is 32.1 Å². The normalized spacial score (nSPS) is 27.9. The SMILES string of the molecule is O=C(COc1ccc(Cl)c(F)c1)N[C@H]1CC[C@H](C(=O)N[C@H]2C[C@@H](OC(F)(F)F)C2)C[C@@H]1O. The second kappa shape index (κ2) is 10.2. The highest BCUT2D eigenvalue weighted by atomic mass is 35.5. The Morgan fingerprint density at radius 1 is 1.16 bits per heavy atom. The van der Waals surface area contributed by atoms with E-state index in [-0.39, 0.29) is 42.0 Å². The summed E-state index contributed by atoms with van der Waals surface area (Å²) in [5, 5.41) is 15.6. The van der Waals surface area contributed by atoms with Crippen LogP contribution < -0.4 is 15.4 Å². The Morgan fingerprint density at radius 2 is 1.88 bits per heavy atom. The van der Waals surface area contributed by atoms with Gasteiger partial charge in [-0.3, -0.25) is 14.3 Å². The van der Waals surface area contributed by atoms with Gasteiger partial charge in [0.15, 0.2) is 6.61 Å². The molecule has 0 bridgehead atoms. The van der Waals surface area contributed by atoms with Crippen molar-refractivity contribution in [2.45, 2.75) is 62.8 Å². The molecular weight excluding hydrogens is 460 g/mol. The molecule has 0 aromatic heterocycles. The van der Waals surface area contributed by atoms with Crippen LogP contribution in [0.5, 0.6) is 5.75 Å². The van der Waals surface area contributed by atoms with E-state index >= 15 is 0 Å². The van der Waals surface area contributed by atoms with Crippen molar-refractivity contribution in [3.05, 3.63) is 29.0 Å². The summed E-state index contributed by atoms with van der Waals surface area (Å²) in [7, 11) is 0. The van der Waals surface area contributed by atoms with E-state index in [1.807, 2.05) is 0 Å². The molecule has 3 N–H and O–H groups in total. The van der Waals surface area contributed by atoms with Gasteiger partial charge in [-0.1, -0.05) is 11.6 Å². The Labute approximate surface area is 186 Å². The van der Waals surface area contributed by atoms with E-state index < -0.39 is 48.9 Å². The predicted molar refractivity (Wildman–Crippen MR) is 104 cm³/mol. The molecule has 0 spiro atoms. The molecule has 0 aliphatic heterocycles. The molecule has 0 heterocycles. The number of carbonyl (C=O) groups is 2. The topological polar surface area (TPSA) is 96.9 Å². The molecule has 2 saturated carbocycles. The molecule has 0 radical (unpaired) electrons. The minimum absolute atomic E-state index is 0.0718. The quantitative estimate of drug-likeness (QED) is 0.519. The first-order chi connectivity index (χ1) is 15.0. The molecule has 2 aliphatic carbocycles. The number of amides is 2. The Morgan fingerprint density at radius 3 is 2.50 bits per heavy atom. The van der Waals surface area contributed by atoms with Crippen molar-refractivity contribution in [3.63, 3.8) is 0 Å². The molecule has 178 valence electrons. The lowest BCUT2D eigenvalue weighted by Gasteiger charge is -2.38. The van der Waals surface area contributed by atoms with Crippen LogP contribution in [0.2, 0.25) is 5.02 Å². The minimum atomic E-state index is -4.69. The van der Waals surface area contributed by atoms with Gasteiger partial charge in [-0.05, 0) is 44.2 Å². The van der Waals surface area contributed by atoms with E-state index in [1.165, 1.54) is 12.1 Å². The first kappa shape index (κ1) is 24.5. The lowest BCUT2D eigenvalue weighted by Crippen LogP contribution is -2.53. The maximum atomic E-state index is 13.4. The molecule has 32 heavy (non-hydrogen) atoms. The van der Waals surface area contributed by atoms with E-state index in [2.05, 4.69) is 15.4 Å². The molecule has 1 aromatic carbocycles. The van der Waals surface area contributed by atoms with Gasteiger partial charge in [-0.2, -0.15) is 0 Å². The van der Waals surface area contributed by atoms with Crippen LogP contribution in [0.15, 0.2) is 18.2 Å². The molecule has 2 amide bonds. The second-order valence-electron chi connectivity index (χ2n) is 7.98. The summed E-state index contributed by atoms with van der Waals surface area (Å²) in [6.45, 7) is -0.392. The number of carbonyl (C=O) groups excluding carboxylic acids is 2. The number of ether oxygens (including phenoxy) is 2. The van der Waals surface area contributed by atoms with Gasteiger partial charge in [0.2, 0.25) is 5.91 Å². The highest BCUT2D eigenvalue weighted by molar-refractivity contribution is 6.30. The average Bonchev–Trinajstić information content (AvgIpc) is 2.67. The van der Waals surface area contributed by atoms with E-state index in [1.54, 1.807) is 0 Å². The third-order valence-corrected chi connectivity index (χ3v) is 5.84. The van der Waals surface area contributed by atoms with Crippen molar-refractivity contribution in [1.29, 1.82) is 0 Å². The number of hydrogen-bond acceptors (Lipinski definition) is 5. The molecule has 1 aromatic rings. The highest BCUT2D eigenvalue weighted by Gasteiger charge is 2.41. The number of rotatable bonds is 7. The van der Waals surface area contributed by atoms with Crippen molar-refractivity contribution >= 4 is 23.4 Å². The van der Waals surface area contributed by atoms with Gasteiger partial charge < -0.3 is 20.5 Å². The summed E-state index contributed by atoms with van der Waals surface area (Å²) >= 11 is 5.58. The van der Waals surface area contributed by atoms with Crippen molar-refractivity contribution in [3.8, 4) is 5.75 Å². The molecule has 2 aliphatic rings. The Bertz CT molecular complexity index is 835. The largest absolute Gasteiger partial charge is 0.522 e. The van der Waals surface area contributed by atoms with Crippen LogP contribution in [-0.2, 0) is 14.3 Å². The van der Waals surface area contributed by atoms with E-state index in [4.69, 9.17) is 16.3 Å². The molecule has 2 fully saturated rings. The molecule has 0 saturated heterocycles. The van der Waals surface area contributed by atoms with Crippen LogP contribution in [-0.4, -0.2) is 54.2 Å². The lowest BCUT2D eigenvalue weighted by molar-refractivity contribution is -0.351. The zero-order valence-corrected chi connectivity index (χ0v) is 17.6. The molecule has 3 rings (SSSR count). The van der Waals surface area contributed by atoms with Crippen LogP contribution in [0.25, 0.3) is 0 Å². The fraction of sp³-hybridized carbons (Fsp3) is 0.600. The Hall–Kier alpha value is -2.11. The maximum absolute atomic E-state index is 13.4. The Balaban J connectivity index is 1.37. The van der Waals surface area contributed by atoms with Crippen molar-refractivity contribution < 1.29 is 41.7 Å². The fourth-order valence-corrected chi connectivity index (χ4v) is 3.92. The van der Waals surface area contributed by atoms with Gasteiger partial charge >= 0.3 is 6.36 Å². The number of aliphatic hydroxyl groups is 1. The summed E-state index contributed by atoms with van der Waals surface area (Å²) in [5.74, 6) is -1.91. The van der Waals surface area contributed by atoms with E-state index in [9.17, 15) is 32.3 Å². The molecule has 0 unspecified atom stereocenters. The smallest absolute Gasteiger partial charge is 0.484 e. The van der Waals surface area contributed by atoms with Gasteiger partial charge in [0.1, 0.15) is 11.6 Å². The van der Waals surface area contributed by atoms with Crippen molar-refractivity contribution in [1.82, 2.24) is 10.6 Å². The predicted octanol–water partition coefficient (Wildman–Crippen LogP) is 2.69. The molecule has 7 nitrogen and oxygen atoms in total. The average molecular weight is 483 g/mol. The van der Waals surface area contributed by atoms with Gasteiger partial charge in [0, 0.05) is 18.0 Å². The Kier molecular flexibility index (Phi) is 7.84. The lowest BCUT2D eigenvalue weighted by atomic mass is 9.82. The summed E-state index contributed by atoms with van der Waals surface area (Å²) < 4.78 is 58.9. The standard InChI is InChI=1S/C20H23ClF4N2O5/c21-14-3-2-12(8-15(14)22)31-9-18(29)27-16-4-1-10(5-17(16)28)19(30)26-11-6-13(7-11)32-20(23,24)25/h2-3,8,10-11,13,16-17,28H,1,4-7,9H2,(H,26,30)(H,27,29)/t10-,11-,13+,16-,17-/m0/s1. The van der Waals surface area contributed by atoms with Crippen LogP contribution >= 0.6 is 11.6 Å². The molecule has 12 heteroatoms. The first-order valence-electron chi connectivity index (χ1n) is 10.1. The zero-order chi connectivity index (χ0) is 23.5. The van der Waals surface area contributed by atoms with Crippen molar-refractivity contribution in [2.75, 3.05) is 6.61 Å². The highest BCUT2D eigenvalue weighted by Crippen LogP contribution is 2.31. The van der Waals surface area contributed by atoms with Gasteiger partial charge in [-0.15, -0.1) is 13.2 Å². The monoisotopic (exact) mass is 482 g/mol. The second-order valence-corrected chi connectivity index (χ2v) is 8.39. The minimum Gasteiger partial charge on any atom is -0.484 e. The first-order valence-corrected chi connectivity index (χ1v) is 10.5. The van der Waals surface area contributed by atoms with Crippen LogP contribution in [0.4, 0.5) is 17.6 Å². The van der Waals surface area contributed by atoms with Crippen molar-refractivity contribution in [2.24, 2.45) is 5.92 Å². The maximum Gasteiger partial charge on any atom is 0.522 e. The van der Waals surface area contributed by atoms with E-state index in [0.717, 1.165) is 6.07 Å². The fourth-order valence-electron chi connectivity index (χ4n) is 3.80. The number of hydrogen-bond donors (Lipinski definition) is 3. The number of aliphatic hydroxyl groups excluding tert-OH is 1. The van der Waals surface area contributed by atoms with Crippen LogP contribution in [0, 0.1) is 11.7 Å². The number of halogens is 5. The summed E-state index contributed by atoms with van der Waals surface area (Å²) in [6, 6.07) is 2.79. The summed E-state index contributed by atoms with van der Waals surface area (Å²) in [5.41, 5.74) is 0. The van der Waals surface area contributed by atoms with Gasteiger partial charge in [-0.25, -0.2) is 4.39 Å². The number of benzene rings is 1. The number of nitrogens with one attached hydrogen (secondary N) is 2. The van der Waals surface area contributed by atoms with Crippen LogP contribution in [0.3, 0.4) is 0 Å². The summed E-state index contributed by atoms with van der Waals surface area (Å²) in [6.07, 6.45) is -5.62. The van der Waals surface area contributed by atoms with Gasteiger partial charge in [0.25, 0.3) is 5.91 Å². The molecular formula is C20H23ClF4N2O5. The third kappa shape index (κ3) is 6.94. The molecule has 3 atom stereocenters.